The van der Waals surface area contributed by atoms with Crippen LogP contribution < -0.4 is 0 Å². The van der Waals surface area contributed by atoms with E-state index in [1.165, 1.54) is 4.68 Å². The third-order valence-corrected chi connectivity index (χ3v) is 2.69. The first-order chi connectivity index (χ1) is 7.53. The summed E-state index contributed by atoms with van der Waals surface area (Å²) in [5, 5.41) is 19.7. The lowest BCUT2D eigenvalue weighted by molar-refractivity contribution is -0.134. The molecule has 1 N–H and O–H groups in total. The second-order valence-corrected chi connectivity index (χ2v) is 4.04. The molecule has 0 bridgehead atoms. The van der Waals surface area contributed by atoms with Crippen LogP contribution in [0, 0.1) is 0 Å². The quantitative estimate of drug-likeness (QED) is 0.610. The molecule has 1 aromatic heterocycles. The molecule has 0 spiro atoms. The fourth-order valence-corrected chi connectivity index (χ4v) is 1.81. The summed E-state index contributed by atoms with van der Waals surface area (Å²) in [6.07, 6.45) is -4.89. The molecule has 0 saturated heterocycles. The summed E-state index contributed by atoms with van der Waals surface area (Å²) in [5.41, 5.74) is 0. The average Bonchev–Trinajstić information content (AvgIpc) is 2.60. The maximum absolute atomic E-state index is 11.8. The van der Waals surface area contributed by atoms with Gasteiger partial charge < -0.3 is 5.11 Å². The van der Waals surface area contributed by atoms with E-state index in [1.54, 1.807) is 0 Å². The van der Waals surface area contributed by atoms with Gasteiger partial charge in [0.05, 0.1) is 13.2 Å². The van der Waals surface area contributed by atoms with E-state index in [-0.39, 0.29) is 19.6 Å². The van der Waals surface area contributed by atoms with E-state index >= 15 is 0 Å². The van der Waals surface area contributed by atoms with E-state index in [0.29, 0.717) is 10.9 Å². The SMILES string of the molecule is OCCn1nnnc1SCCCC(F)(F)F. The van der Waals surface area contributed by atoms with Crippen molar-refractivity contribution in [1.82, 2.24) is 20.2 Å². The van der Waals surface area contributed by atoms with Crippen molar-refractivity contribution in [2.24, 2.45) is 0 Å². The van der Waals surface area contributed by atoms with Gasteiger partial charge in [-0.15, -0.1) is 5.10 Å². The summed E-state index contributed by atoms with van der Waals surface area (Å²) in [6, 6.07) is 0. The van der Waals surface area contributed by atoms with Gasteiger partial charge in [-0.05, 0) is 16.8 Å². The highest BCUT2D eigenvalue weighted by Gasteiger charge is 2.26. The fourth-order valence-electron chi connectivity index (χ4n) is 0.971. The number of aromatic nitrogens is 4. The summed E-state index contributed by atoms with van der Waals surface area (Å²) in [7, 11) is 0. The van der Waals surface area contributed by atoms with Crippen molar-refractivity contribution in [1.29, 1.82) is 0 Å². The number of aliphatic hydroxyl groups is 1. The van der Waals surface area contributed by atoms with Crippen molar-refractivity contribution in [3.63, 3.8) is 0 Å². The van der Waals surface area contributed by atoms with Crippen LogP contribution in [0.4, 0.5) is 13.2 Å². The number of aliphatic hydroxyl groups excluding tert-OH is 1. The largest absolute Gasteiger partial charge is 0.394 e. The van der Waals surface area contributed by atoms with Gasteiger partial charge in [-0.1, -0.05) is 11.8 Å². The number of alkyl halides is 3. The average molecular weight is 256 g/mol. The Morgan fingerprint density at radius 2 is 2.12 bits per heavy atom. The van der Waals surface area contributed by atoms with Crippen LogP contribution in [0.5, 0.6) is 0 Å². The zero-order valence-electron chi connectivity index (χ0n) is 8.31. The van der Waals surface area contributed by atoms with Crippen LogP contribution in [0.1, 0.15) is 12.8 Å². The molecule has 16 heavy (non-hydrogen) atoms. The molecule has 0 aliphatic carbocycles. The molecule has 1 heterocycles. The van der Waals surface area contributed by atoms with Crippen molar-refractivity contribution in [2.45, 2.75) is 30.7 Å². The lowest BCUT2D eigenvalue weighted by Crippen LogP contribution is -2.08. The summed E-state index contributed by atoms with van der Waals surface area (Å²) in [4.78, 5) is 0. The van der Waals surface area contributed by atoms with Gasteiger partial charge in [0.25, 0.3) is 0 Å². The summed E-state index contributed by atoms with van der Waals surface area (Å²) < 4.78 is 36.9. The monoisotopic (exact) mass is 256 g/mol. The molecule has 0 amide bonds. The predicted octanol–water partition coefficient (Wildman–Crippen LogP) is 1.10. The standard InChI is InChI=1S/C7H11F3N4OS/c8-7(9,10)2-1-5-16-6-11-12-13-14(6)3-4-15/h15H,1-5H2. The Hall–Kier alpha value is -0.830. The zero-order valence-corrected chi connectivity index (χ0v) is 9.13. The number of hydrogen-bond donors (Lipinski definition) is 1. The van der Waals surface area contributed by atoms with Crippen LogP contribution in [0.2, 0.25) is 0 Å². The van der Waals surface area contributed by atoms with Crippen LogP contribution in [-0.2, 0) is 6.54 Å². The van der Waals surface area contributed by atoms with Gasteiger partial charge in [0, 0.05) is 12.2 Å². The molecule has 0 aliphatic heterocycles. The van der Waals surface area contributed by atoms with Crippen LogP contribution >= 0.6 is 11.8 Å². The van der Waals surface area contributed by atoms with E-state index < -0.39 is 12.6 Å². The maximum atomic E-state index is 11.8. The highest BCUT2D eigenvalue weighted by Crippen LogP contribution is 2.24. The Balaban J connectivity index is 2.29. The normalized spacial score (nSPS) is 12.0. The number of hydrogen-bond acceptors (Lipinski definition) is 5. The molecule has 0 unspecified atom stereocenters. The molecule has 0 fully saturated rings. The van der Waals surface area contributed by atoms with Crippen LogP contribution in [0.15, 0.2) is 5.16 Å². The van der Waals surface area contributed by atoms with Crippen LogP contribution in [0.3, 0.4) is 0 Å². The topological polar surface area (TPSA) is 63.8 Å². The second kappa shape index (κ2) is 6.04. The predicted molar refractivity (Wildman–Crippen MR) is 50.9 cm³/mol. The van der Waals surface area contributed by atoms with Gasteiger partial charge in [-0.2, -0.15) is 13.2 Å². The molecule has 0 aromatic carbocycles. The van der Waals surface area contributed by atoms with Crippen molar-refractivity contribution >= 4 is 11.8 Å². The van der Waals surface area contributed by atoms with Gasteiger partial charge in [0.15, 0.2) is 0 Å². The highest BCUT2D eigenvalue weighted by molar-refractivity contribution is 7.99. The van der Waals surface area contributed by atoms with E-state index in [1.807, 2.05) is 0 Å². The Morgan fingerprint density at radius 3 is 2.75 bits per heavy atom. The smallest absolute Gasteiger partial charge is 0.389 e. The fraction of sp³-hybridized carbons (Fsp3) is 0.857. The molecule has 92 valence electrons. The number of nitrogens with zero attached hydrogens (tertiary/aromatic N) is 4. The minimum Gasteiger partial charge on any atom is -0.394 e. The second-order valence-electron chi connectivity index (χ2n) is 2.98. The molecule has 0 aliphatic rings. The molecule has 0 saturated carbocycles. The van der Waals surface area contributed by atoms with Gasteiger partial charge in [-0.25, -0.2) is 4.68 Å². The molecular weight excluding hydrogens is 245 g/mol. The van der Waals surface area contributed by atoms with Crippen molar-refractivity contribution in [3.05, 3.63) is 0 Å². The molecule has 0 radical (unpaired) electrons. The molecule has 1 rings (SSSR count). The molecule has 5 nitrogen and oxygen atoms in total. The number of halogens is 3. The molecular formula is C7H11F3N4OS. The van der Waals surface area contributed by atoms with E-state index in [0.717, 1.165) is 11.8 Å². The van der Waals surface area contributed by atoms with Gasteiger partial charge in [0.2, 0.25) is 5.16 Å². The maximum Gasteiger partial charge on any atom is 0.389 e. The van der Waals surface area contributed by atoms with E-state index in [9.17, 15) is 13.2 Å². The Labute approximate surface area is 94.0 Å². The lowest BCUT2D eigenvalue weighted by atomic mass is 10.3. The zero-order chi connectivity index (χ0) is 12.0. The van der Waals surface area contributed by atoms with Gasteiger partial charge >= 0.3 is 6.18 Å². The Bertz CT molecular complexity index is 317. The molecule has 1 aromatic rings. The van der Waals surface area contributed by atoms with Crippen LogP contribution in [0.25, 0.3) is 0 Å². The van der Waals surface area contributed by atoms with Gasteiger partial charge in [0.1, 0.15) is 0 Å². The summed E-state index contributed by atoms with van der Waals surface area (Å²) >= 11 is 1.15. The first-order valence-corrected chi connectivity index (χ1v) is 5.58. The van der Waals surface area contributed by atoms with Crippen molar-refractivity contribution in [2.75, 3.05) is 12.4 Å². The highest BCUT2D eigenvalue weighted by atomic mass is 32.2. The third kappa shape index (κ3) is 4.79. The third-order valence-electron chi connectivity index (χ3n) is 1.65. The first kappa shape index (κ1) is 13.2. The summed E-state index contributed by atoms with van der Waals surface area (Å²) in [5.74, 6) is 0.297. The van der Waals surface area contributed by atoms with Crippen LogP contribution in [-0.4, -0.2) is 43.8 Å². The minimum atomic E-state index is -4.11. The van der Waals surface area contributed by atoms with Crippen molar-refractivity contribution in [3.8, 4) is 0 Å². The number of thioether (sulfide) groups is 1. The first-order valence-electron chi connectivity index (χ1n) is 4.59. The molecule has 9 heteroatoms. The Kier molecular flexibility index (Phi) is 5.00. The number of rotatable bonds is 6. The van der Waals surface area contributed by atoms with Crippen molar-refractivity contribution < 1.29 is 18.3 Å². The number of tetrazole rings is 1. The summed E-state index contributed by atoms with van der Waals surface area (Å²) in [6.45, 7) is 0.135. The van der Waals surface area contributed by atoms with E-state index in [2.05, 4.69) is 15.5 Å². The van der Waals surface area contributed by atoms with E-state index in [4.69, 9.17) is 5.11 Å². The lowest BCUT2D eigenvalue weighted by Gasteiger charge is -2.05. The Morgan fingerprint density at radius 1 is 1.38 bits per heavy atom. The van der Waals surface area contributed by atoms with Gasteiger partial charge in [-0.3, -0.25) is 0 Å². The minimum absolute atomic E-state index is 0.0279. The molecule has 0 atom stereocenters.